The summed E-state index contributed by atoms with van der Waals surface area (Å²) < 4.78 is 5.66. The van der Waals surface area contributed by atoms with Crippen LogP contribution in [0.1, 0.15) is 36.0 Å². The number of rotatable bonds is 6. The van der Waals surface area contributed by atoms with Crippen LogP contribution in [-0.4, -0.2) is 21.2 Å². The number of pyridine rings is 1. The first-order chi connectivity index (χ1) is 16.2. The molecule has 4 aromatic rings. The van der Waals surface area contributed by atoms with E-state index in [1.807, 2.05) is 36.5 Å². The zero-order valence-corrected chi connectivity index (χ0v) is 18.7. The van der Waals surface area contributed by atoms with E-state index in [0.29, 0.717) is 16.7 Å². The number of carbonyl (C=O) groups is 1. The molecule has 0 radical (unpaired) electrons. The summed E-state index contributed by atoms with van der Waals surface area (Å²) in [5.74, 6) is 0.314. The second kappa shape index (κ2) is 9.04. The summed E-state index contributed by atoms with van der Waals surface area (Å²) >= 11 is 6.68. The number of nitrogens with zero attached hydrogens (tertiary/aromatic N) is 2. The van der Waals surface area contributed by atoms with Crippen LogP contribution in [0.4, 0.5) is 0 Å². The summed E-state index contributed by atoms with van der Waals surface area (Å²) in [7, 11) is 0. The van der Waals surface area contributed by atoms with E-state index in [9.17, 15) is 4.79 Å². The minimum Gasteiger partial charge on any atom is -0.423 e. The first kappa shape index (κ1) is 21.2. The van der Waals surface area contributed by atoms with Gasteiger partial charge in [0.1, 0.15) is 5.75 Å². The second-order valence-corrected chi connectivity index (χ2v) is 8.47. The largest absolute Gasteiger partial charge is 0.423 e. The van der Waals surface area contributed by atoms with Gasteiger partial charge in [0.05, 0.1) is 16.7 Å². The third-order valence-corrected chi connectivity index (χ3v) is 6.41. The third kappa shape index (κ3) is 4.08. The molecule has 2 aromatic heterocycles. The van der Waals surface area contributed by atoms with Crippen LogP contribution in [-0.2, 0) is 4.79 Å². The van der Waals surface area contributed by atoms with Crippen molar-refractivity contribution in [3.05, 3.63) is 101 Å². The Labute approximate surface area is 196 Å². The third-order valence-electron chi connectivity index (χ3n) is 6.11. The molecular formula is C27H22ClN3O2. The minimum absolute atomic E-state index is 0.336. The van der Waals surface area contributed by atoms with Crippen LogP contribution in [0.15, 0.2) is 79.8 Å². The number of nitrogens with one attached hydrogen (secondary N) is 1. The quantitative estimate of drug-likeness (QED) is 0.206. The first-order valence-corrected chi connectivity index (χ1v) is 11.2. The molecule has 1 fully saturated rings. The molecule has 0 aliphatic heterocycles. The summed E-state index contributed by atoms with van der Waals surface area (Å²) in [6.45, 7) is 3.54. The van der Waals surface area contributed by atoms with Crippen molar-refractivity contribution in [2.24, 2.45) is 5.92 Å². The topological polar surface area (TPSA) is 67.9 Å². The zero-order chi connectivity index (χ0) is 22.8. The van der Waals surface area contributed by atoms with Gasteiger partial charge in [0.25, 0.3) is 0 Å². The number of aromatic amines is 1. The Balaban J connectivity index is 1.84. The van der Waals surface area contributed by atoms with Crippen LogP contribution >= 0.6 is 11.6 Å². The van der Waals surface area contributed by atoms with Crippen molar-refractivity contribution in [2.75, 3.05) is 0 Å². The number of carbonyl (C=O) groups excluding carboxylic acids is 1. The van der Waals surface area contributed by atoms with Gasteiger partial charge in [0, 0.05) is 35.0 Å². The summed E-state index contributed by atoms with van der Waals surface area (Å²) in [5, 5.41) is 8.78. The number of para-hydroxylation sites is 1. The lowest BCUT2D eigenvalue weighted by molar-refractivity contribution is -0.128. The number of hydrogen-bond acceptors (Lipinski definition) is 4. The summed E-state index contributed by atoms with van der Waals surface area (Å²) in [5.41, 5.74) is 5.85. The van der Waals surface area contributed by atoms with Gasteiger partial charge in [0.15, 0.2) is 0 Å². The van der Waals surface area contributed by atoms with Crippen molar-refractivity contribution in [3.63, 3.8) is 0 Å². The van der Waals surface area contributed by atoms with E-state index in [0.717, 1.165) is 58.0 Å². The first-order valence-electron chi connectivity index (χ1n) is 10.9. The number of benzene rings is 2. The molecule has 5 nitrogen and oxygen atoms in total. The molecule has 0 atom stereocenters. The van der Waals surface area contributed by atoms with Gasteiger partial charge in [0.2, 0.25) is 0 Å². The van der Waals surface area contributed by atoms with E-state index in [2.05, 4.69) is 33.9 Å². The fourth-order valence-electron chi connectivity index (χ4n) is 4.32. The van der Waals surface area contributed by atoms with Gasteiger partial charge in [-0.2, -0.15) is 5.10 Å². The van der Waals surface area contributed by atoms with E-state index in [4.69, 9.17) is 16.3 Å². The predicted molar refractivity (Wildman–Crippen MR) is 131 cm³/mol. The molecule has 1 aliphatic carbocycles. The monoisotopic (exact) mass is 455 g/mol. The maximum Gasteiger partial charge on any atom is 0.335 e. The van der Waals surface area contributed by atoms with Crippen LogP contribution in [0, 0.1) is 5.92 Å². The van der Waals surface area contributed by atoms with Crippen LogP contribution < -0.4 is 4.74 Å². The average molecular weight is 456 g/mol. The number of aromatic nitrogens is 3. The number of fused-ring (bicyclic) bond motifs is 1. The van der Waals surface area contributed by atoms with Gasteiger partial charge >= 0.3 is 5.97 Å². The number of ether oxygens (including phenoxy) is 1. The SMILES string of the molecule is C=CC(=O)Oc1ccccc1/C(=C(/c1ccncc1Cl)C1CCC1)c1ccc2[nH]ncc2c1. The molecule has 0 saturated heterocycles. The smallest absolute Gasteiger partial charge is 0.335 e. The van der Waals surface area contributed by atoms with E-state index < -0.39 is 5.97 Å². The van der Waals surface area contributed by atoms with Gasteiger partial charge in [-0.1, -0.05) is 48.9 Å². The molecule has 5 rings (SSSR count). The fraction of sp³-hybridized carbons (Fsp3) is 0.148. The van der Waals surface area contributed by atoms with Gasteiger partial charge in [-0.05, 0) is 59.7 Å². The van der Waals surface area contributed by atoms with Crippen molar-refractivity contribution < 1.29 is 9.53 Å². The molecular weight excluding hydrogens is 434 g/mol. The number of halogens is 1. The molecule has 0 amide bonds. The highest BCUT2D eigenvalue weighted by molar-refractivity contribution is 6.32. The van der Waals surface area contributed by atoms with Gasteiger partial charge in [-0.15, -0.1) is 0 Å². The average Bonchev–Trinajstić information content (AvgIpc) is 3.27. The van der Waals surface area contributed by atoms with Gasteiger partial charge < -0.3 is 4.74 Å². The summed E-state index contributed by atoms with van der Waals surface area (Å²) in [6, 6.07) is 15.7. The van der Waals surface area contributed by atoms with Gasteiger partial charge in [-0.3, -0.25) is 10.1 Å². The second-order valence-electron chi connectivity index (χ2n) is 8.07. The molecule has 33 heavy (non-hydrogen) atoms. The Kier molecular flexibility index (Phi) is 5.80. The Morgan fingerprint density at radius 3 is 2.73 bits per heavy atom. The standard InChI is InChI=1S/C27H22ClN3O2/c1-2-25(32)33-24-9-4-3-8-21(24)27(18-10-11-23-19(14-18)15-30-31-23)26(17-6-5-7-17)20-12-13-29-16-22(20)28/h2-4,8-17H,1,5-7H2,(H,30,31)/b27-26+. The lowest BCUT2D eigenvalue weighted by atomic mass is 9.73. The lowest BCUT2D eigenvalue weighted by Gasteiger charge is -2.32. The van der Waals surface area contributed by atoms with Crippen LogP contribution in [0.5, 0.6) is 5.75 Å². The maximum absolute atomic E-state index is 12.1. The fourth-order valence-corrected chi connectivity index (χ4v) is 4.54. The molecule has 0 spiro atoms. The highest BCUT2D eigenvalue weighted by atomic mass is 35.5. The Bertz CT molecular complexity index is 1380. The molecule has 2 heterocycles. The number of esters is 1. The molecule has 0 bridgehead atoms. The van der Waals surface area contributed by atoms with E-state index >= 15 is 0 Å². The van der Waals surface area contributed by atoms with Crippen LogP contribution in [0.2, 0.25) is 5.02 Å². The Hall–Kier alpha value is -3.70. The van der Waals surface area contributed by atoms with Crippen LogP contribution in [0.25, 0.3) is 22.0 Å². The van der Waals surface area contributed by atoms with Crippen molar-refractivity contribution >= 4 is 39.6 Å². The molecule has 1 N–H and O–H groups in total. The zero-order valence-electron chi connectivity index (χ0n) is 17.9. The van der Waals surface area contributed by atoms with E-state index in [1.165, 1.54) is 6.08 Å². The Morgan fingerprint density at radius 1 is 1.12 bits per heavy atom. The minimum atomic E-state index is -0.501. The van der Waals surface area contributed by atoms with Crippen LogP contribution in [0.3, 0.4) is 0 Å². The normalized spacial score (nSPS) is 14.5. The van der Waals surface area contributed by atoms with E-state index in [1.54, 1.807) is 18.5 Å². The lowest BCUT2D eigenvalue weighted by Crippen LogP contribution is -2.16. The van der Waals surface area contributed by atoms with E-state index in [-0.39, 0.29) is 0 Å². The summed E-state index contributed by atoms with van der Waals surface area (Å²) in [6.07, 6.45) is 9.72. The molecule has 6 heteroatoms. The number of allylic oxidation sites excluding steroid dienone is 1. The maximum atomic E-state index is 12.1. The Morgan fingerprint density at radius 2 is 1.97 bits per heavy atom. The van der Waals surface area contributed by atoms with Crippen molar-refractivity contribution in [1.82, 2.24) is 15.2 Å². The number of H-pyrrole nitrogens is 1. The highest BCUT2D eigenvalue weighted by Gasteiger charge is 2.29. The number of hydrogen-bond donors (Lipinski definition) is 1. The predicted octanol–water partition coefficient (Wildman–Crippen LogP) is 6.46. The van der Waals surface area contributed by atoms with Crippen molar-refractivity contribution in [3.8, 4) is 5.75 Å². The summed E-state index contributed by atoms with van der Waals surface area (Å²) in [4.78, 5) is 16.3. The van der Waals surface area contributed by atoms with Crippen molar-refractivity contribution in [1.29, 1.82) is 0 Å². The van der Waals surface area contributed by atoms with Crippen molar-refractivity contribution in [2.45, 2.75) is 19.3 Å². The molecule has 0 unspecified atom stereocenters. The van der Waals surface area contributed by atoms with Gasteiger partial charge in [-0.25, -0.2) is 4.79 Å². The highest BCUT2D eigenvalue weighted by Crippen LogP contribution is 2.48. The molecule has 1 saturated carbocycles. The molecule has 164 valence electrons. The molecule has 1 aliphatic rings. The molecule has 2 aromatic carbocycles.